The van der Waals surface area contributed by atoms with Gasteiger partial charge in [0.2, 0.25) is 7.75 Å². The Bertz CT molecular complexity index is 185. The summed E-state index contributed by atoms with van der Waals surface area (Å²) in [6.45, 7) is 4.36. The maximum atomic E-state index is 10.5. The van der Waals surface area contributed by atoms with Crippen molar-refractivity contribution in [2.45, 2.75) is 64.9 Å². The van der Waals surface area contributed by atoms with Gasteiger partial charge in [0.15, 0.2) is 0 Å². The first-order valence-electron chi connectivity index (χ1n) is 5.77. The molecule has 1 saturated carbocycles. The lowest BCUT2D eigenvalue weighted by atomic mass is 9.98. The Kier molecular flexibility index (Phi) is 8.34. The highest BCUT2D eigenvalue weighted by Gasteiger charge is 2.16. The summed E-state index contributed by atoms with van der Waals surface area (Å²) in [6.07, 6.45) is 7.40. The van der Waals surface area contributed by atoms with Crippen LogP contribution in [0.1, 0.15) is 58.8 Å². The molecule has 5 heteroatoms. The van der Waals surface area contributed by atoms with Gasteiger partial charge in [-0.1, -0.05) is 46.0 Å². The highest BCUT2D eigenvalue weighted by molar-refractivity contribution is 7.48. The fourth-order valence-electron chi connectivity index (χ4n) is 1.38. The Labute approximate surface area is 92.8 Å². The van der Waals surface area contributed by atoms with E-state index < -0.39 is 7.75 Å². The van der Waals surface area contributed by atoms with E-state index in [-0.39, 0.29) is 6.10 Å². The van der Waals surface area contributed by atoms with Gasteiger partial charge in [0.05, 0.1) is 6.10 Å². The summed E-state index contributed by atoms with van der Waals surface area (Å²) in [5, 5.41) is 0. The van der Waals surface area contributed by atoms with Crippen LogP contribution in [0.25, 0.3) is 0 Å². The van der Waals surface area contributed by atoms with Crippen molar-refractivity contribution in [3.63, 3.8) is 0 Å². The second kappa shape index (κ2) is 8.28. The van der Waals surface area contributed by atoms with Gasteiger partial charge in [-0.25, -0.2) is 0 Å². The van der Waals surface area contributed by atoms with Gasteiger partial charge in [-0.15, -0.1) is 0 Å². The number of unbranched alkanes of at least 4 members (excludes halogenated alkanes) is 1. The third-order valence-electron chi connectivity index (χ3n) is 2.35. The van der Waals surface area contributed by atoms with Gasteiger partial charge in [-0.3, -0.25) is 10.1 Å². The Morgan fingerprint density at radius 3 is 2.07 bits per heavy atom. The van der Waals surface area contributed by atoms with E-state index >= 15 is 0 Å². The fraction of sp³-hybridized carbons (Fsp3) is 1.00. The monoisotopic (exact) mass is 236 g/mol. The molecular weight excluding hydrogens is 213 g/mol. The molecule has 0 radical (unpaired) electrons. The molecule has 1 aliphatic carbocycles. The first-order chi connectivity index (χ1) is 6.99. The summed E-state index contributed by atoms with van der Waals surface area (Å²) in [5.74, 6) is 0. The van der Waals surface area contributed by atoms with Gasteiger partial charge < -0.3 is 9.42 Å². The summed E-state index contributed by atoms with van der Waals surface area (Å²) in [7, 11) is -3.98. The molecule has 92 valence electrons. The molecule has 4 nitrogen and oxygen atoms in total. The van der Waals surface area contributed by atoms with Crippen molar-refractivity contribution in [3.05, 3.63) is 0 Å². The highest BCUT2D eigenvalue weighted by atomic mass is 31.2. The molecule has 0 aliphatic heterocycles. The molecule has 0 amide bonds. The maximum Gasteiger partial charge on any atom is 0.201 e. The molecule has 1 atom stereocenters. The Balaban J connectivity index is 0.000000423. The van der Waals surface area contributed by atoms with Crippen LogP contribution < -0.4 is 10.4 Å². The Morgan fingerprint density at radius 1 is 1.27 bits per heavy atom. The molecule has 1 rings (SSSR count). The summed E-state index contributed by atoms with van der Waals surface area (Å²) in [4.78, 5) is 10.5. The molecule has 0 heterocycles. The molecule has 1 aliphatic rings. The maximum absolute atomic E-state index is 10.5. The van der Waals surface area contributed by atoms with Crippen molar-refractivity contribution in [3.8, 4) is 0 Å². The van der Waals surface area contributed by atoms with Crippen molar-refractivity contribution >= 4 is 7.75 Å². The molecule has 0 saturated heterocycles. The predicted octanol–water partition coefficient (Wildman–Crippen LogP) is 2.57. The van der Waals surface area contributed by atoms with Crippen LogP contribution in [-0.4, -0.2) is 6.10 Å². The molecule has 0 bridgehead atoms. The first kappa shape index (κ1) is 15.1. The smallest absolute Gasteiger partial charge is 0.201 e. The summed E-state index contributed by atoms with van der Waals surface area (Å²) >= 11 is 0. The molecular formula is C10H23NO3P-. The van der Waals surface area contributed by atoms with Crippen LogP contribution in [0.4, 0.5) is 0 Å². The van der Waals surface area contributed by atoms with E-state index in [0.29, 0.717) is 0 Å². The van der Waals surface area contributed by atoms with E-state index in [1.807, 2.05) is 0 Å². The predicted molar refractivity (Wildman–Crippen MR) is 60.3 cm³/mol. The van der Waals surface area contributed by atoms with Gasteiger partial charge >= 0.3 is 0 Å². The van der Waals surface area contributed by atoms with Crippen LogP contribution in [0.3, 0.4) is 0 Å². The van der Waals surface area contributed by atoms with Gasteiger partial charge in [0, 0.05) is 0 Å². The summed E-state index contributed by atoms with van der Waals surface area (Å²) < 4.78 is 15.1. The molecule has 1 unspecified atom stereocenters. The Morgan fingerprint density at radius 2 is 1.73 bits per heavy atom. The molecule has 0 aromatic rings. The lowest BCUT2D eigenvalue weighted by molar-refractivity contribution is -0.203. The fourth-order valence-corrected chi connectivity index (χ4v) is 2.00. The zero-order chi connectivity index (χ0) is 11.7. The minimum absolute atomic E-state index is 0.155. The third kappa shape index (κ3) is 10.4. The van der Waals surface area contributed by atoms with Gasteiger partial charge in [0.1, 0.15) is 0 Å². The normalized spacial score (nSPS) is 21.3. The van der Waals surface area contributed by atoms with Crippen LogP contribution in [0.2, 0.25) is 0 Å². The lowest BCUT2D eigenvalue weighted by Crippen LogP contribution is -2.22. The third-order valence-corrected chi connectivity index (χ3v) is 2.94. The quantitative estimate of drug-likeness (QED) is 0.764. The molecule has 1 fully saturated rings. The number of rotatable bonds is 3. The van der Waals surface area contributed by atoms with Gasteiger partial charge in [0.25, 0.3) is 0 Å². The van der Waals surface area contributed by atoms with E-state index in [0.717, 1.165) is 25.7 Å². The van der Waals surface area contributed by atoms with Crippen LogP contribution in [0.5, 0.6) is 0 Å². The standard InChI is InChI=1S/C6H14NO3P.C4H10/c7-11(8,9)10-6-4-2-1-3-5-6;1-3-4-2/h6H,1-5H2,(H3,7,8,9);3-4H2,1-2H3/p-1. The van der Waals surface area contributed by atoms with Crippen molar-refractivity contribution in [1.29, 1.82) is 0 Å². The van der Waals surface area contributed by atoms with Crippen molar-refractivity contribution in [1.82, 2.24) is 0 Å². The summed E-state index contributed by atoms with van der Waals surface area (Å²) in [6, 6.07) is 0. The molecule has 0 aromatic heterocycles. The van der Waals surface area contributed by atoms with E-state index in [4.69, 9.17) is 5.50 Å². The lowest BCUT2D eigenvalue weighted by Gasteiger charge is -2.27. The number of hydrogen-bond acceptors (Lipinski definition) is 3. The van der Waals surface area contributed by atoms with Crippen molar-refractivity contribution in [2.75, 3.05) is 0 Å². The number of nitrogens with two attached hydrogens (primary N) is 1. The molecule has 0 spiro atoms. The Hall–Kier alpha value is 0.110. The van der Waals surface area contributed by atoms with Crippen LogP contribution in [0.15, 0.2) is 0 Å². The van der Waals surface area contributed by atoms with Crippen molar-refractivity contribution in [2.24, 2.45) is 5.50 Å². The van der Waals surface area contributed by atoms with E-state index in [9.17, 15) is 9.46 Å². The summed E-state index contributed by atoms with van der Waals surface area (Å²) in [5.41, 5.74) is 4.74. The molecule has 0 aromatic carbocycles. The largest absolute Gasteiger partial charge is 0.766 e. The number of hydrogen-bond donors (Lipinski definition) is 1. The van der Waals surface area contributed by atoms with E-state index in [1.165, 1.54) is 19.3 Å². The highest BCUT2D eigenvalue weighted by Crippen LogP contribution is 2.33. The van der Waals surface area contributed by atoms with Gasteiger partial charge in [-0.2, -0.15) is 0 Å². The average molecular weight is 236 g/mol. The SMILES string of the molecule is CCCC.NP(=O)([O-])OC1CCCCC1. The topological polar surface area (TPSA) is 75.4 Å². The second-order valence-corrected chi connectivity index (χ2v) is 5.20. The zero-order valence-electron chi connectivity index (χ0n) is 9.78. The van der Waals surface area contributed by atoms with Gasteiger partial charge in [-0.05, 0) is 12.8 Å². The van der Waals surface area contributed by atoms with E-state index in [2.05, 4.69) is 18.4 Å². The average Bonchev–Trinajstić information content (AvgIpc) is 2.17. The van der Waals surface area contributed by atoms with E-state index in [1.54, 1.807) is 0 Å². The second-order valence-electron chi connectivity index (χ2n) is 3.91. The first-order valence-corrected chi connectivity index (χ1v) is 7.38. The van der Waals surface area contributed by atoms with Crippen LogP contribution in [-0.2, 0) is 9.09 Å². The molecule has 15 heavy (non-hydrogen) atoms. The minimum Gasteiger partial charge on any atom is -0.766 e. The van der Waals surface area contributed by atoms with Crippen LogP contribution >= 0.6 is 7.75 Å². The minimum atomic E-state index is -3.98. The van der Waals surface area contributed by atoms with Crippen molar-refractivity contribution < 1.29 is 14.0 Å². The van der Waals surface area contributed by atoms with Crippen LogP contribution in [0, 0.1) is 0 Å². The zero-order valence-corrected chi connectivity index (χ0v) is 10.7. The molecule has 2 N–H and O–H groups in total.